The Morgan fingerprint density at radius 3 is 2.88 bits per heavy atom. The minimum atomic E-state index is -0.431. The van der Waals surface area contributed by atoms with Gasteiger partial charge in [-0.1, -0.05) is 24.4 Å². The molecule has 1 unspecified atom stereocenters. The molecule has 17 heavy (non-hydrogen) atoms. The molecule has 3 nitrogen and oxygen atoms in total. The summed E-state index contributed by atoms with van der Waals surface area (Å²) >= 11 is 6.08. The van der Waals surface area contributed by atoms with E-state index in [2.05, 4.69) is 12.2 Å². The van der Waals surface area contributed by atoms with Crippen LogP contribution >= 0.6 is 11.6 Å². The lowest BCUT2D eigenvalue weighted by atomic mass is 10.1. The molecule has 0 bridgehead atoms. The van der Waals surface area contributed by atoms with Crippen molar-refractivity contribution in [2.75, 3.05) is 5.32 Å². The van der Waals surface area contributed by atoms with Gasteiger partial charge in [-0.2, -0.15) is 0 Å². The fourth-order valence-electron chi connectivity index (χ4n) is 1.97. The summed E-state index contributed by atoms with van der Waals surface area (Å²) in [5, 5.41) is 3.96. The Balaban J connectivity index is 2.07. The zero-order chi connectivity index (χ0) is 12.4. The molecule has 92 valence electrons. The van der Waals surface area contributed by atoms with Crippen LogP contribution in [0.15, 0.2) is 18.2 Å². The number of rotatable bonds is 5. The molecule has 0 aromatic heterocycles. The molecule has 0 saturated heterocycles. The van der Waals surface area contributed by atoms with E-state index in [9.17, 15) is 4.79 Å². The number of amides is 1. The lowest BCUT2D eigenvalue weighted by molar-refractivity contribution is 0.100. The molecule has 1 aliphatic carbocycles. The van der Waals surface area contributed by atoms with E-state index >= 15 is 0 Å². The minimum absolute atomic E-state index is 0.364. The number of benzene rings is 1. The van der Waals surface area contributed by atoms with Gasteiger partial charge in [0.1, 0.15) is 0 Å². The molecule has 3 N–H and O–H groups in total. The first kappa shape index (κ1) is 12.2. The summed E-state index contributed by atoms with van der Waals surface area (Å²) in [5.41, 5.74) is 6.51. The van der Waals surface area contributed by atoms with Crippen LogP contribution in [-0.2, 0) is 0 Å². The normalized spacial score (nSPS) is 16.6. The highest BCUT2D eigenvalue weighted by atomic mass is 35.5. The van der Waals surface area contributed by atoms with Crippen LogP contribution in [0.25, 0.3) is 0 Å². The van der Waals surface area contributed by atoms with Gasteiger partial charge in [0, 0.05) is 11.6 Å². The van der Waals surface area contributed by atoms with Crippen molar-refractivity contribution in [3.05, 3.63) is 28.8 Å². The van der Waals surface area contributed by atoms with Crippen LogP contribution in [0, 0.1) is 5.92 Å². The molecule has 2 rings (SSSR count). The van der Waals surface area contributed by atoms with E-state index in [1.165, 1.54) is 12.8 Å². The standard InChI is InChI=1S/C13H17ClN2O/c1-8(6-9-2-3-9)16-12-7-10(13(15)17)4-5-11(12)14/h4-5,7-9,16H,2-3,6H2,1H3,(H2,15,17). The third kappa shape index (κ3) is 3.37. The van der Waals surface area contributed by atoms with Crippen molar-refractivity contribution in [2.45, 2.75) is 32.2 Å². The van der Waals surface area contributed by atoms with E-state index in [4.69, 9.17) is 17.3 Å². The molecular formula is C13H17ClN2O. The average molecular weight is 253 g/mol. The number of hydrogen-bond donors (Lipinski definition) is 2. The van der Waals surface area contributed by atoms with E-state index < -0.39 is 5.91 Å². The summed E-state index contributed by atoms with van der Waals surface area (Å²) in [6, 6.07) is 5.42. The maximum atomic E-state index is 11.1. The van der Waals surface area contributed by atoms with Gasteiger partial charge in [-0.3, -0.25) is 4.79 Å². The number of carbonyl (C=O) groups is 1. The van der Waals surface area contributed by atoms with E-state index in [0.717, 1.165) is 18.0 Å². The van der Waals surface area contributed by atoms with Gasteiger partial charge < -0.3 is 11.1 Å². The van der Waals surface area contributed by atoms with Gasteiger partial charge in [-0.25, -0.2) is 0 Å². The molecule has 1 aliphatic rings. The van der Waals surface area contributed by atoms with E-state index in [1.807, 2.05) is 0 Å². The summed E-state index contributed by atoms with van der Waals surface area (Å²) in [7, 11) is 0. The van der Waals surface area contributed by atoms with Crippen LogP contribution in [0.4, 0.5) is 5.69 Å². The van der Waals surface area contributed by atoms with Crippen LogP contribution in [-0.4, -0.2) is 11.9 Å². The molecule has 1 aromatic carbocycles. The minimum Gasteiger partial charge on any atom is -0.381 e. The van der Waals surface area contributed by atoms with Crippen molar-refractivity contribution in [2.24, 2.45) is 11.7 Å². The first-order valence-corrected chi connectivity index (χ1v) is 6.30. The van der Waals surface area contributed by atoms with E-state index in [-0.39, 0.29) is 0 Å². The number of carbonyl (C=O) groups excluding carboxylic acids is 1. The fourth-order valence-corrected chi connectivity index (χ4v) is 2.14. The number of halogens is 1. The highest BCUT2D eigenvalue weighted by molar-refractivity contribution is 6.33. The second kappa shape index (κ2) is 4.96. The van der Waals surface area contributed by atoms with Crippen LogP contribution in [0.3, 0.4) is 0 Å². The maximum Gasteiger partial charge on any atom is 0.248 e. The van der Waals surface area contributed by atoms with Gasteiger partial charge in [-0.05, 0) is 37.5 Å². The van der Waals surface area contributed by atoms with E-state index in [0.29, 0.717) is 16.6 Å². The van der Waals surface area contributed by atoms with Crippen molar-refractivity contribution >= 4 is 23.2 Å². The van der Waals surface area contributed by atoms with Crippen molar-refractivity contribution in [1.29, 1.82) is 0 Å². The highest BCUT2D eigenvalue weighted by Gasteiger charge is 2.23. The molecule has 1 fully saturated rings. The Bertz CT molecular complexity index is 429. The van der Waals surface area contributed by atoms with Crippen molar-refractivity contribution < 1.29 is 4.79 Å². The molecule has 0 spiro atoms. The summed E-state index contributed by atoms with van der Waals surface area (Å²) in [4.78, 5) is 11.1. The lowest BCUT2D eigenvalue weighted by Crippen LogP contribution is -2.17. The van der Waals surface area contributed by atoms with Crippen LogP contribution in [0.2, 0.25) is 5.02 Å². The molecule has 1 atom stereocenters. The second-order valence-corrected chi connectivity index (χ2v) is 5.19. The van der Waals surface area contributed by atoms with Gasteiger partial charge in [0.25, 0.3) is 0 Å². The van der Waals surface area contributed by atoms with Gasteiger partial charge in [0.2, 0.25) is 5.91 Å². The average Bonchev–Trinajstić information content (AvgIpc) is 3.04. The monoisotopic (exact) mass is 252 g/mol. The van der Waals surface area contributed by atoms with Gasteiger partial charge in [0.15, 0.2) is 0 Å². The van der Waals surface area contributed by atoms with Crippen LogP contribution < -0.4 is 11.1 Å². The predicted molar refractivity (Wildman–Crippen MR) is 70.4 cm³/mol. The number of anilines is 1. The van der Waals surface area contributed by atoms with Crippen molar-refractivity contribution in [1.82, 2.24) is 0 Å². The second-order valence-electron chi connectivity index (χ2n) is 4.78. The third-order valence-corrected chi connectivity index (χ3v) is 3.37. The quantitative estimate of drug-likeness (QED) is 0.846. The lowest BCUT2D eigenvalue weighted by Gasteiger charge is -2.16. The maximum absolute atomic E-state index is 11.1. The largest absolute Gasteiger partial charge is 0.381 e. The Labute approximate surface area is 106 Å². The van der Waals surface area contributed by atoms with Crippen molar-refractivity contribution in [3.8, 4) is 0 Å². The summed E-state index contributed by atoms with van der Waals surface area (Å²) in [5.74, 6) is 0.426. The Morgan fingerprint density at radius 1 is 1.59 bits per heavy atom. The first-order chi connectivity index (χ1) is 8.06. The number of hydrogen-bond acceptors (Lipinski definition) is 2. The molecule has 0 radical (unpaired) electrons. The molecular weight excluding hydrogens is 236 g/mol. The summed E-state index contributed by atoms with van der Waals surface area (Å²) in [6.07, 6.45) is 3.82. The zero-order valence-electron chi connectivity index (χ0n) is 9.87. The third-order valence-electron chi connectivity index (χ3n) is 3.04. The van der Waals surface area contributed by atoms with Gasteiger partial charge in [-0.15, -0.1) is 0 Å². The topological polar surface area (TPSA) is 55.1 Å². The zero-order valence-corrected chi connectivity index (χ0v) is 10.6. The molecule has 1 aromatic rings. The predicted octanol–water partition coefficient (Wildman–Crippen LogP) is 3.04. The Morgan fingerprint density at radius 2 is 2.29 bits per heavy atom. The molecule has 4 heteroatoms. The number of primary amides is 1. The molecule has 1 saturated carbocycles. The smallest absolute Gasteiger partial charge is 0.248 e. The fraction of sp³-hybridized carbons (Fsp3) is 0.462. The Hall–Kier alpha value is -1.22. The summed E-state index contributed by atoms with van der Waals surface area (Å²) in [6.45, 7) is 2.13. The van der Waals surface area contributed by atoms with E-state index in [1.54, 1.807) is 18.2 Å². The summed E-state index contributed by atoms with van der Waals surface area (Å²) < 4.78 is 0. The van der Waals surface area contributed by atoms with Crippen LogP contribution in [0.5, 0.6) is 0 Å². The van der Waals surface area contributed by atoms with Crippen LogP contribution in [0.1, 0.15) is 36.5 Å². The van der Waals surface area contributed by atoms with Crippen molar-refractivity contribution in [3.63, 3.8) is 0 Å². The SMILES string of the molecule is CC(CC1CC1)Nc1cc(C(N)=O)ccc1Cl. The number of nitrogens with two attached hydrogens (primary N) is 1. The molecule has 1 amide bonds. The van der Waals surface area contributed by atoms with Gasteiger partial charge >= 0.3 is 0 Å². The molecule has 0 aliphatic heterocycles. The molecule has 0 heterocycles. The van der Waals surface area contributed by atoms with Gasteiger partial charge in [0.05, 0.1) is 10.7 Å². The Kier molecular flexibility index (Phi) is 3.57. The first-order valence-electron chi connectivity index (χ1n) is 5.92. The highest BCUT2D eigenvalue weighted by Crippen LogP contribution is 2.34. The number of nitrogens with one attached hydrogen (secondary N) is 1.